The maximum atomic E-state index is 13.2. The second-order valence-electron chi connectivity index (χ2n) is 8.08. The van der Waals surface area contributed by atoms with E-state index < -0.39 is 11.6 Å². The van der Waals surface area contributed by atoms with Gasteiger partial charge in [0.05, 0.1) is 35.8 Å². The molecule has 3 heterocycles. The van der Waals surface area contributed by atoms with Crippen molar-refractivity contribution in [2.24, 2.45) is 0 Å². The van der Waals surface area contributed by atoms with Gasteiger partial charge in [0.25, 0.3) is 5.91 Å². The summed E-state index contributed by atoms with van der Waals surface area (Å²) < 4.78 is 6.83. The van der Waals surface area contributed by atoms with Crippen LogP contribution in [0.4, 0.5) is 10.5 Å². The number of nitrogens with zero attached hydrogens (tertiary/aromatic N) is 6. The van der Waals surface area contributed by atoms with Crippen LogP contribution < -0.4 is 4.90 Å². The van der Waals surface area contributed by atoms with Gasteiger partial charge in [-0.2, -0.15) is 10.4 Å². The maximum Gasteiger partial charge on any atom is 0.332 e. The van der Waals surface area contributed by atoms with Gasteiger partial charge in [-0.05, 0) is 45.4 Å². The number of aromatic nitrogens is 3. The first-order chi connectivity index (χ1) is 14.7. The molecule has 0 N–H and O–H groups in total. The first-order valence-electron chi connectivity index (χ1n) is 9.81. The molecule has 1 aliphatic heterocycles. The summed E-state index contributed by atoms with van der Waals surface area (Å²) in [6, 6.07) is 8.69. The van der Waals surface area contributed by atoms with Gasteiger partial charge < -0.3 is 9.42 Å². The summed E-state index contributed by atoms with van der Waals surface area (Å²) in [6.07, 6.45) is 3.17. The van der Waals surface area contributed by atoms with Gasteiger partial charge in [-0.1, -0.05) is 17.3 Å². The molecule has 0 bridgehead atoms. The van der Waals surface area contributed by atoms with Crippen molar-refractivity contribution in [1.82, 2.24) is 19.8 Å². The number of imide groups is 1. The third-order valence-corrected chi connectivity index (χ3v) is 5.60. The van der Waals surface area contributed by atoms with Crippen LogP contribution in [0, 0.1) is 25.2 Å². The van der Waals surface area contributed by atoms with E-state index in [2.05, 4.69) is 16.3 Å². The summed E-state index contributed by atoms with van der Waals surface area (Å²) in [4.78, 5) is 29.0. The van der Waals surface area contributed by atoms with Gasteiger partial charge in [0.1, 0.15) is 11.3 Å². The van der Waals surface area contributed by atoms with Crippen molar-refractivity contribution in [3.8, 4) is 6.07 Å². The lowest BCUT2D eigenvalue weighted by Crippen LogP contribution is -2.43. The van der Waals surface area contributed by atoms with E-state index in [0.717, 1.165) is 21.7 Å². The molecular formula is C22H22N6O3. The number of hydrogen-bond donors (Lipinski definition) is 0. The summed E-state index contributed by atoms with van der Waals surface area (Å²) in [5, 5.41) is 17.4. The number of amides is 3. The zero-order valence-electron chi connectivity index (χ0n) is 17.8. The van der Waals surface area contributed by atoms with Gasteiger partial charge in [-0.25, -0.2) is 9.69 Å². The molecule has 3 aromatic rings. The number of anilines is 1. The number of benzene rings is 1. The van der Waals surface area contributed by atoms with Crippen molar-refractivity contribution < 1.29 is 14.1 Å². The average molecular weight is 418 g/mol. The lowest BCUT2D eigenvalue weighted by molar-refractivity contribution is -0.123. The maximum absolute atomic E-state index is 13.2. The SMILES string of the molecule is Cc1noc(C)c1Cn1cc(N2C(=O)N(Cc3cccc(C#N)c3)C(C)(C)C2=O)cn1. The molecule has 0 radical (unpaired) electrons. The second kappa shape index (κ2) is 7.40. The minimum atomic E-state index is -1.04. The normalized spacial score (nSPS) is 15.6. The van der Waals surface area contributed by atoms with E-state index in [-0.39, 0.29) is 12.5 Å². The molecule has 31 heavy (non-hydrogen) atoms. The zero-order chi connectivity index (χ0) is 22.3. The molecule has 9 heteroatoms. The number of carbonyl (C=O) groups excluding carboxylic acids is 2. The molecule has 0 aliphatic carbocycles. The van der Waals surface area contributed by atoms with E-state index in [1.807, 2.05) is 19.9 Å². The molecule has 1 saturated heterocycles. The van der Waals surface area contributed by atoms with Crippen LogP contribution in [0.1, 0.15) is 42.0 Å². The van der Waals surface area contributed by atoms with Crippen molar-refractivity contribution in [3.63, 3.8) is 0 Å². The molecule has 0 atom stereocenters. The highest BCUT2D eigenvalue weighted by atomic mass is 16.5. The monoisotopic (exact) mass is 418 g/mol. The molecule has 0 spiro atoms. The van der Waals surface area contributed by atoms with Crippen molar-refractivity contribution in [1.29, 1.82) is 5.26 Å². The van der Waals surface area contributed by atoms with E-state index >= 15 is 0 Å². The Balaban J connectivity index is 1.60. The average Bonchev–Trinajstić information content (AvgIpc) is 3.37. The van der Waals surface area contributed by atoms with Gasteiger partial charge >= 0.3 is 6.03 Å². The Bertz CT molecular complexity index is 1200. The molecule has 4 rings (SSSR count). The predicted molar refractivity (Wildman–Crippen MR) is 111 cm³/mol. The van der Waals surface area contributed by atoms with Crippen LogP contribution in [0.5, 0.6) is 0 Å². The Morgan fingerprint density at radius 3 is 2.65 bits per heavy atom. The summed E-state index contributed by atoms with van der Waals surface area (Å²) >= 11 is 0. The summed E-state index contributed by atoms with van der Waals surface area (Å²) in [5.74, 6) is 0.376. The molecule has 1 aromatic carbocycles. The lowest BCUT2D eigenvalue weighted by Gasteiger charge is -2.27. The Morgan fingerprint density at radius 2 is 1.97 bits per heavy atom. The number of nitriles is 1. The van der Waals surface area contributed by atoms with Gasteiger partial charge in [0.2, 0.25) is 0 Å². The fourth-order valence-corrected chi connectivity index (χ4v) is 3.69. The fourth-order valence-electron chi connectivity index (χ4n) is 3.69. The van der Waals surface area contributed by atoms with Crippen LogP contribution in [0.25, 0.3) is 0 Å². The number of urea groups is 1. The Labute approximate surface area is 179 Å². The molecule has 158 valence electrons. The molecule has 0 saturated carbocycles. The van der Waals surface area contributed by atoms with Gasteiger partial charge in [-0.3, -0.25) is 9.48 Å². The second-order valence-corrected chi connectivity index (χ2v) is 8.08. The smallest absolute Gasteiger partial charge is 0.332 e. The van der Waals surface area contributed by atoms with E-state index in [0.29, 0.717) is 23.6 Å². The predicted octanol–water partition coefficient (Wildman–Crippen LogP) is 3.16. The summed E-state index contributed by atoms with van der Waals surface area (Å²) in [5.41, 5.74) is 2.34. The minimum Gasteiger partial charge on any atom is -0.361 e. The number of carbonyl (C=O) groups is 2. The highest BCUT2D eigenvalue weighted by Gasteiger charge is 2.52. The van der Waals surface area contributed by atoms with E-state index in [9.17, 15) is 9.59 Å². The zero-order valence-corrected chi connectivity index (χ0v) is 17.8. The van der Waals surface area contributed by atoms with E-state index in [4.69, 9.17) is 9.78 Å². The van der Waals surface area contributed by atoms with Gasteiger partial charge in [0, 0.05) is 18.3 Å². The van der Waals surface area contributed by atoms with Crippen molar-refractivity contribution in [3.05, 3.63) is 64.8 Å². The van der Waals surface area contributed by atoms with Gasteiger partial charge in [0.15, 0.2) is 0 Å². The third kappa shape index (κ3) is 3.46. The van der Waals surface area contributed by atoms with E-state index in [1.54, 1.807) is 42.9 Å². The highest BCUT2D eigenvalue weighted by molar-refractivity contribution is 6.22. The van der Waals surface area contributed by atoms with Crippen LogP contribution in [0.2, 0.25) is 0 Å². The molecule has 1 fully saturated rings. The van der Waals surface area contributed by atoms with Gasteiger partial charge in [-0.15, -0.1) is 0 Å². The summed E-state index contributed by atoms with van der Waals surface area (Å²) in [6.45, 7) is 7.76. The van der Waals surface area contributed by atoms with Crippen molar-refractivity contribution >= 4 is 17.6 Å². The number of hydrogen-bond acceptors (Lipinski definition) is 6. The first kappa shape index (κ1) is 20.3. The molecule has 1 aliphatic rings. The lowest BCUT2D eigenvalue weighted by atomic mass is 10.0. The minimum absolute atomic E-state index is 0.219. The Morgan fingerprint density at radius 1 is 1.19 bits per heavy atom. The molecule has 3 amide bonds. The molecule has 0 unspecified atom stereocenters. The van der Waals surface area contributed by atoms with Crippen LogP contribution in [-0.4, -0.2) is 37.3 Å². The number of aryl methyl sites for hydroxylation is 2. The number of rotatable bonds is 5. The van der Waals surface area contributed by atoms with Crippen LogP contribution in [-0.2, 0) is 17.9 Å². The standard InChI is InChI=1S/C22H22N6O3/c1-14-19(15(2)31-25-14)13-26-12-18(10-24-26)28-20(29)22(3,4)27(21(28)30)11-17-7-5-6-16(8-17)9-23/h5-8,10,12H,11,13H2,1-4H3. The Hall–Kier alpha value is -3.93. The van der Waals surface area contributed by atoms with Crippen LogP contribution in [0.3, 0.4) is 0 Å². The highest BCUT2D eigenvalue weighted by Crippen LogP contribution is 2.33. The van der Waals surface area contributed by atoms with Crippen LogP contribution >= 0.6 is 0 Å². The molecule has 2 aromatic heterocycles. The molecular weight excluding hydrogens is 396 g/mol. The van der Waals surface area contributed by atoms with Crippen LogP contribution in [0.15, 0.2) is 41.2 Å². The Kier molecular flexibility index (Phi) is 4.85. The topological polar surface area (TPSA) is 108 Å². The first-order valence-corrected chi connectivity index (χ1v) is 9.81. The third-order valence-electron chi connectivity index (χ3n) is 5.60. The van der Waals surface area contributed by atoms with E-state index in [1.165, 1.54) is 11.1 Å². The fraction of sp³-hybridized carbons (Fsp3) is 0.318. The summed E-state index contributed by atoms with van der Waals surface area (Å²) in [7, 11) is 0. The molecule has 9 nitrogen and oxygen atoms in total. The quantitative estimate of drug-likeness (QED) is 0.589. The van der Waals surface area contributed by atoms with Crippen molar-refractivity contribution in [2.75, 3.05) is 4.90 Å². The van der Waals surface area contributed by atoms with Crippen molar-refractivity contribution in [2.45, 2.75) is 46.3 Å². The largest absolute Gasteiger partial charge is 0.361 e.